The van der Waals surface area contributed by atoms with Crippen molar-refractivity contribution in [3.63, 3.8) is 0 Å². The first-order valence-electron chi connectivity index (χ1n) is 8.61. The predicted molar refractivity (Wildman–Crippen MR) is 110 cm³/mol. The second-order valence-corrected chi connectivity index (χ2v) is 8.23. The Balaban J connectivity index is 1.91. The Morgan fingerprint density at radius 2 is 1.54 bits per heavy atom. The minimum Gasteiger partial charge on any atom is -0.289 e. The highest BCUT2D eigenvalue weighted by Gasteiger charge is 2.20. The van der Waals surface area contributed by atoms with Crippen LogP contribution >= 0.6 is 11.8 Å². The van der Waals surface area contributed by atoms with E-state index in [1.54, 1.807) is 18.0 Å². The van der Waals surface area contributed by atoms with Crippen LogP contribution in [-0.2, 0) is 10.5 Å². The van der Waals surface area contributed by atoms with Crippen molar-refractivity contribution >= 4 is 23.7 Å². The number of para-hydroxylation sites is 2. The summed E-state index contributed by atoms with van der Waals surface area (Å²) in [5.41, 5.74) is 2.12. The third-order valence-corrected chi connectivity index (χ3v) is 5.11. The van der Waals surface area contributed by atoms with Crippen molar-refractivity contribution in [3.8, 4) is 5.75 Å². The maximum absolute atomic E-state index is 12.7. The molecule has 2 nitrogen and oxygen atoms in total. The van der Waals surface area contributed by atoms with E-state index < -0.39 is 0 Å². The number of hydrogen-bond donors (Lipinski definition) is 0. The molecule has 3 aromatic carbocycles. The summed E-state index contributed by atoms with van der Waals surface area (Å²) in [6.07, 6.45) is 1.68. The smallest absolute Gasteiger partial charge is 0.191 e. The summed E-state index contributed by atoms with van der Waals surface area (Å²) >= 11 is 1.67. The fourth-order valence-electron chi connectivity index (χ4n) is 2.65. The molecule has 0 aliphatic rings. The molecule has 0 N–H and O–H groups in total. The maximum atomic E-state index is 12.7. The lowest BCUT2D eigenvalue weighted by Crippen LogP contribution is -2.11. The lowest BCUT2D eigenvalue weighted by molar-refractivity contribution is 0.340. The minimum absolute atomic E-state index is 0.0527. The minimum atomic E-state index is -0.179. The Morgan fingerprint density at radius 3 is 2.27 bits per heavy atom. The summed E-state index contributed by atoms with van der Waals surface area (Å²) in [4.78, 5) is 6.84. The summed E-state index contributed by atoms with van der Waals surface area (Å²) in [6.45, 7) is 6.16. The van der Waals surface area contributed by atoms with Crippen molar-refractivity contribution in [2.45, 2.75) is 36.0 Å². The van der Waals surface area contributed by atoms with Crippen LogP contribution in [0, 0.1) is 0 Å². The van der Waals surface area contributed by atoms with Crippen molar-refractivity contribution in [2.24, 2.45) is 4.99 Å². The van der Waals surface area contributed by atoms with E-state index in [2.05, 4.69) is 37.9 Å². The van der Waals surface area contributed by atoms with Crippen LogP contribution in [0.15, 0.2) is 87.6 Å². The molecule has 3 aromatic rings. The summed E-state index contributed by atoms with van der Waals surface area (Å²) in [5, 5.41) is 12.7. The molecular weight excluding hydrogens is 338 g/mol. The van der Waals surface area contributed by atoms with Gasteiger partial charge in [0.15, 0.2) is 5.75 Å². The first-order valence-corrected chi connectivity index (χ1v) is 9.43. The highest BCUT2D eigenvalue weighted by molar-refractivity contribution is 7.99. The second kappa shape index (κ2) is 7.79. The van der Waals surface area contributed by atoms with Gasteiger partial charge in [0.2, 0.25) is 0 Å². The summed E-state index contributed by atoms with van der Waals surface area (Å²) in [5.74, 6) is 0.0527. The second-order valence-electron chi connectivity index (χ2n) is 7.11. The quantitative estimate of drug-likeness (QED) is 0.460. The van der Waals surface area contributed by atoms with E-state index in [1.165, 1.54) is 0 Å². The third-order valence-electron chi connectivity index (χ3n) is 4.03. The molecule has 0 saturated carbocycles. The van der Waals surface area contributed by atoms with Gasteiger partial charge in [0.1, 0.15) is 0 Å². The Hall–Kier alpha value is -2.52. The standard InChI is InChI=1S/C23H22NOS/c1-23(2,3)19-13-9-10-17(22(19)25)16-24-20-14-7-8-15-21(20)26-18-11-5-4-6-12-18/h4-16H,1-3H3. The molecule has 3 heteroatoms. The molecule has 131 valence electrons. The average molecular weight is 361 g/mol. The predicted octanol–water partition coefficient (Wildman–Crippen LogP) is 7.03. The number of benzene rings is 3. The number of nitrogens with zero attached hydrogens (tertiary/aromatic N) is 1. The third kappa shape index (κ3) is 4.36. The van der Waals surface area contributed by atoms with Crippen LogP contribution in [0.5, 0.6) is 5.75 Å². The number of hydrogen-bond acceptors (Lipinski definition) is 2. The fourth-order valence-corrected chi connectivity index (χ4v) is 3.57. The van der Waals surface area contributed by atoms with E-state index in [9.17, 15) is 5.11 Å². The van der Waals surface area contributed by atoms with Crippen LogP contribution in [0.4, 0.5) is 5.69 Å². The molecule has 0 spiro atoms. The van der Waals surface area contributed by atoms with E-state index in [0.29, 0.717) is 5.56 Å². The van der Waals surface area contributed by atoms with Crippen molar-refractivity contribution in [3.05, 3.63) is 83.9 Å². The molecular formula is C23H22NOS. The fraction of sp³-hybridized carbons (Fsp3) is 0.174. The van der Waals surface area contributed by atoms with Gasteiger partial charge in [-0.05, 0) is 35.7 Å². The van der Waals surface area contributed by atoms with Gasteiger partial charge in [-0.25, -0.2) is 0 Å². The molecule has 0 saturated heterocycles. The Morgan fingerprint density at radius 1 is 0.846 bits per heavy atom. The lowest BCUT2D eigenvalue weighted by Gasteiger charge is -2.19. The summed E-state index contributed by atoms with van der Waals surface area (Å²) in [6, 6.07) is 23.9. The van der Waals surface area contributed by atoms with Crippen LogP contribution in [0.3, 0.4) is 0 Å². The Kier molecular flexibility index (Phi) is 5.48. The average Bonchev–Trinajstić information content (AvgIpc) is 2.62. The monoisotopic (exact) mass is 360 g/mol. The van der Waals surface area contributed by atoms with Gasteiger partial charge in [-0.2, -0.15) is 0 Å². The van der Waals surface area contributed by atoms with E-state index in [-0.39, 0.29) is 11.2 Å². The van der Waals surface area contributed by atoms with Gasteiger partial charge >= 0.3 is 0 Å². The van der Waals surface area contributed by atoms with E-state index in [0.717, 1.165) is 21.0 Å². The van der Waals surface area contributed by atoms with E-state index in [4.69, 9.17) is 0 Å². The SMILES string of the molecule is CC(C)(C)c1cccc(C=Nc2ccccc2Sc2ccccc2)c1[O]. The molecule has 0 aliphatic carbocycles. The normalized spacial score (nSPS) is 11.8. The Bertz CT molecular complexity index is 911. The van der Waals surface area contributed by atoms with Crippen LogP contribution in [-0.4, -0.2) is 6.21 Å². The van der Waals surface area contributed by atoms with Crippen molar-refractivity contribution in [2.75, 3.05) is 0 Å². The zero-order valence-corrected chi connectivity index (χ0v) is 16.1. The maximum Gasteiger partial charge on any atom is 0.191 e. The zero-order chi connectivity index (χ0) is 18.6. The van der Waals surface area contributed by atoms with Gasteiger partial charge in [-0.1, -0.05) is 75.0 Å². The molecule has 0 atom stereocenters. The van der Waals surface area contributed by atoms with Crippen LogP contribution in [0.25, 0.3) is 0 Å². The molecule has 0 bridgehead atoms. The van der Waals surface area contributed by atoms with Gasteiger partial charge in [0, 0.05) is 27.1 Å². The van der Waals surface area contributed by atoms with Gasteiger partial charge in [-0.15, -0.1) is 0 Å². The van der Waals surface area contributed by atoms with Gasteiger partial charge in [0.05, 0.1) is 5.69 Å². The molecule has 0 fully saturated rings. The Labute approximate surface area is 159 Å². The van der Waals surface area contributed by atoms with Gasteiger partial charge in [0.25, 0.3) is 0 Å². The van der Waals surface area contributed by atoms with Crippen LogP contribution < -0.4 is 0 Å². The molecule has 3 rings (SSSR count). The van der Waals surface area contributed by atoms with Crippen LogP contribution in [0.2, 0.25) is 0 Å². The molecule has 26 heavy (non-hydrogen) atoms. The first kappa shape index (κ1) is 18.3. The molecule has 0 heterocycles. The van der Waals surface area contributed by atoms with E-state index in [1.807, 2.05) is 60.7 Å². The first-order chi connectivity index (χ1) is 12.4. The topological polar surface area (TPSA) is 32.3 Å². The molecule has 0 aliphatic heterocycles. The van der Waals surface area contributed by atoms with Crippen molar-refractivity contribution in [1.82, 2.24) is 0 Å². The highest BCUT2D eigenvalue weighted by atomic mass is 32.2. The molecule has 1 radical (unpaired) electrons. The highest BCUT2D eigenvalue weighted by Crippen LogP contribution is 2.36. The summed E-state index contributed by atoms with van der Waals surface area (Å²) < 4.78 is 0. The molecule has 0 unspecified atom stereocenters. The molecule has 0 amide bonds. The van der Waals surface area contributed by atoms with Gasteiger partial charge < -0.3 is 0 Å². The largest absolute Gasteiger partial charge is 0.289 e. The number of aliphatic imine (C=N–C) groups is 1. The van der Waals surface area contributed by atoms with E-state index >= 15 is 0 Å². The zero-order valence-electron chi connectivity index (χ0n) is 15.3. The van der Waals surface area contributed by atoms with Crippen LogP contribution in [0.1, 0.15) is 31.9 Å². The summed E-state index contributed by atoms with van der Waals surface area (Å²) in [7, 11) is 0. The van der Waals surface area contributed by atoms with Crippen molar-refractivity contribution < 1.29 is 5.11 Å². The molecule has 0 aromatic heterocycles. The van der Waals surface area contributed by atoms with Crippen molar-refractivity contribution in [1.29, 1.82) is 0 Å². The van der Waals surface area contributed by atoms with Gasteiger partial charge in [-0.3, -0.25) is 10.1 Å². The lowest BCUT2D eigenvalue weighted by atomic mass is 9.85. The number of rotatable bonds is 4.